The Morgan fingerprint density at radius 3 is 2.62 bits per heavy atom. The van der Waals surface area contributed by atoms with E-state index in [0.717, 1.165) is 47.3 Å². The molecule has 0 radical (unpaired) electrons. The second-order valence-corrected chi connectivity index (χ2v) is 10.8. The average molecular weight is 473 g/mol. The van der Waals surface area contributed by atoms with Crippen molar-refractivity contribution in [1.82, 2.24) is 9.97 Å². The van der Waals surface area contributed by atoms with Crippen molar-refractivity contribution in [3.05, 3.63) is 70.5 Å². The summed E-state index contributed by atoms with van der Waals surface area (Å²) in [7, 11) is -3.42. The molecule has 0 amide bonds. The van der Waals surface area contributed by atoms with Crippen LogP contribution in [0.25, 0.3) is 11.4 Å². The quantitative estimate of drug-likeness (QED) is 0.526. The summed E-state index contributed by atoms with van der Waals surface area (Å²) >= 11 is 6.34. The van der Waals surface area contributed by atoms with Crippen molar-refractivity contribution in [1.29, 1.82) is 0 Å². The molecule has 3 aromatic rings. The number of nitrogens with one attached hydrogen (secondary N) is 1. The molecule has 0 spiro atoms. The fourth-order valence-corrected chi connectivity index (χ4v) is 5.68. The van der Waals surface area contributed by atoms with Gasteiger partial charge in [0.05, 0.1) is 27.9 Å². The van der Waals surface area contributed by atoms with E-state index in [-0.39, 0.29) is 28.4 Å². The normalized spacial score (nSPS) is 17.6. The van der Waals surface area contributed by atoms with Gasteiger partial charge in [-0.1, -0.05) is 23.7 Å². The fraction of sp³-hybridized carbons (Fsp3) is 0.333. The number of halogens is 1. The Hall–Kier alpha value is -2.48. The molecular weight excluding hydrogens is 448 g/mol. The molecule has 2 atom stereocenters. The zero-order valence-corrected chi connectivity index (χ0v) is 19.3. The molecule has 1 aromatic carbocycles. The third kappa shape index (κ3) is 4.95. The molecular formula is C24H25ClN2O4S. The molecule has 4 rings (SSSR count). The number of rotatable bonds is 7. The highest BCUT2D eigenvalue weighted by Crippen LogP contribution is 2.38. The Bertz CT molecular complexity index is 1240. The summed E-state index contributed by atoms with van der Waals surface area (Å²) in [4.78, 5) is 19.8. The lowest BCUT2D eigenvalue weighted by Crippen LogP contribution is -2.09. The number of H-pyrrole nitrogens is 1. The van der Waals surface area contributed by atoms with Gasteiger partial charge in [0.2, 0.25) is 0 Å². The number of sulfone groups is 1. The summed E-state index contributed by atoms with van der Waals surface area (Å²) in [6, 6.07) is 12.7. The van der Waals surface area contributed by atoms with Crippen LogP contribution in [-0.2, 0) is 21.2 Å². The Morgan fingerprint density at radius 1 is 1.22 bits per heavy atom. The maximum Gasteiger partial charge on any atom is 0.176 e. The Kier molecular flexibility index (Phi) is 6.51. The van der Waals surface area contributed by atoms with Crippen LogP contribution in [0, 0.1) is 5.92 Å². The van der Waals surface area contributed by atoms with E-state index in [4.69, 9.17) is 11.6 Å². The highest BCUT2D eigenvalue weighted by molar-refractivity contribution is 7.90. The molecule has 2 heterocycles. The Labute approximate surface area is 192 Å². The van der Waals surface area contributed by atoms with E-state index in [2.05, 4.69) is 9.97 Å². The SMILES string of the molecule is CS(=O)(=O)c1ccc(C(C[C@H]2CCC(=O)C2)c2ccc(-c3ccc(CO)cn3)[nH]2)cc1Cl. The number of aliphatic hydroxyl groups excluding tert-OH is 1. The van der Waals surface area contributed by atoms with E-state index in [9.17, 15) is 18.3 Å². The molecule has 8 heteroatoms. The molecule has 0 bridgehead atoms. The highest BCUT2D eigenvalue weighted by Gasteiger charge is 2.28. The summed E-state index contributed by atoms with van der Waals surface area (Å²) in [5.41, 5.74) is 4.20. The first-order chi connectivity index (χ1) is 15.2. The molecule has 32 heavy (non-hydrogen) atoms. The van der Waals surface area contributed by atoms with E-state index in [1.54, 1.807) is 24.4 Å². The summed E-state index contributed by atoms with van der Waals surface area (Å²) in [5.74, 6) is 0.497. The van der Waals surface area contributed by atoms with Crippen molar-refractivity contribution >= 4 is 27.2 Å². The molecule has 0 aliphatic heterocycles. The molecule has 6 nitrogen and oxygen atoms in total. The maximum absolute atomic E-state index is 12.0. The van der Waals surface area contributed by atoms with Crippen molar-refractivity contribution in [3.63, 3.8) is 0 Å². The summed E-state index contributed by atoms with van der Waals surface area (Å²) < 4.78 is 23.9. The molecule has 2 aromatic heterocycles. The number of Topliss-reactive ketones (excluding diaryl/α,β-unsaturated/α-hetero) is 1. The summed E-state index contributed by atoms with van der Waals surface area (Å²) in [6.07, 6.45) is 5.59. The second kappa shape index (κ2) is 9.17. The number of hydrogen-bond acceptors (Lipinski definition) is 5. The van der Waals surface area contributed by atoms with Gasteiger partial charge in [0.1, 0.15) is 5.78 Å². The van der Waals surface area contributed by atoms with Gasteiger partial charge in [-0.2, -0.15) is 0 Å². The van der Waals surface area contributed by atoms with Gasteiger partial charge in [0.25, 0.3) is 0 Å². The topological polar surface area (TPSA) is 100 Å². The lowest BCUT2D eigenvalue weighted by atomic mass is 9.86. The maximum atomic E-state index is 12.0. The van der Waals surface area contributed by atoms with Gasteiger partial charge >= 0.3 is 0 Å². The summed E-state index contributed by atoms with van der Waals surface area (Å²) in [6.45, 7) is -0.0598. The predicted molar refractivity (Wildman–Crippen MR) is 123 cm³/mol. The number of aromatic nitrogens is 2. The fourth-order valence-electron chi connectivity index (χ4n) is 4.34. The number of hydrogen-bond donors (Lipinski definition) is 2. The number of carbonyl (C=O) groups excluding carboxylic acids is 1. The van der Waals surface area contributed by atoms with Gasteiger partial charge in [-0.15, -0.1) is 0 Å². The van der Waals surface area contributed by atoms with Gasteiger partial charge in [0.15, 0.2) is 9.84 Å². The van der Waals surface area contributed by atoms with Crippen LogP contribution >= 0.6 is 11.6 Å². The van der Waals surface area contributed by atoms with E-state index >= 15 is 0 Å². The highest BCUT2D eigenvalue weighted by atomic mass is 35.5. The Morgan fingerprint density at radius 2 is 2.03 bits per heavy atom. The van der Waals surface area contributed by atoms with Crippen LogP contribution in [0.1, 0.15) is 48.4 Å². The van der Waals surface area contributed by atoms with Gasteiger partial charge in [-0.25, -0.2) is 8.42 Å². The standard InChI is InChI=1S/C24H25ClN2O4S/c1-32(30,31)24-9-4-17(12-20(24)25)19(11-15-2-5-18(29)10-15)21-7-8-23(27-21)22-6-3-16(14-28)13-26-22/h3-4,6-9,12-13,15,19,27-28H,2,5,10-11,14H2,1H3/t15-,19?/m0/s1. The van der Waals surface area contributed by atoms with Crippen LogP contribution in [0.2, 0.25) is 5.02 Å². The number of aliphatic hydroxyl groups is 1. The number of pyridine rings is 1. The Balaban J connectivity index is 1.69. The van der Waals surface area contributed by atoms with Gasteiger partial charge in [0, 0.05) is 36.9 Å². The van der Waals surface area contributed by atoms with Gasteiger partial charge in [-0.05, 0) is 60.2 Å². The minimum absolute atomic E-state index is 0.0598. The first-order valence-electron chi connectivity index (χ1n) is 10.5. The molecule has 168 valence electrons. The van der Waals surface area contributed by atoms with Crippen molar-refractivity contribution in [2.45, 2.75) is 43.1 Å². The summed E-state index contributed by atoms with van der Waals surface area (Å²) in [5, 5.41) is 9.43. The number of nitrogens with zero attached hydrogens (tertiary/aromatic N) is 1. The molecule has 1 fully saturated rings. The van der Waals surface area contributed by atoms with E-state index in [1.165, 1.54) is 0 Å². The first-order valence-corrected chi connectivity index (χ1v) is 12.8. The van der Waals surface area contributed by atoms with E-state index < -0.39 is 9.84 Å². The lowest BCUT2D eigenvalue weighted by Gasteiger charge is -2.21. The number of aromatic amines is 1. The average Bonchev–Trinajstić information content (AvgIpc) is 3.40. The van der Waals surface area contributed by atoms with Crippen molar-refractivity contribution in [2.75, 3.05) is 6.26 Å². The number of ketones is 1. The van der Waals surface area contributed by atoms with Crippen molar-refractivity contribution < 1.29 is 18.3 Å². The first kappa shape index (κ1) is 22.7. The lowest BCUT2D eigenvalue weighted by molar-refractivity contribution is -0.117. The van der Waals surface area contributed by atoms with E-state index in [0.29, 0.717) is 18.6 Å². The molecule has 0 saturated heterocycles. The van der Waals surface area contributed by atoms with Crippen molar-refractivity contribution in [3.8, 4) is 11.4 Å². The van der Waals surface area contributed by atoms with Crippen LogP contribution in [0.3, 0.4) is 0 Å². The molecule has 2 N–H and O–H groups in total. The molecule has 1 saturated carbocycles. The van der Waals surface area contributed by atoms with Gasteiger partial charge < -0.3 is 10.1 Å². The predicted octanol–water partition coefficient (Wildman–Crippen LogP) is 4.52. The van der Waals surface area contributed by atoms with Gasteiger partial charge in [-0.3, -0.25) is 9.78 Å². The minimum atomic E-state index is -3.42. The minimum Gasteiger partial charge on any atom is -0.392 e. The molecule has 1 aliphatic carbocycles. The smallest absolute Gasteiger partial charge is 0.176 e. The number of carbonyl (C=O) groups is 1. The zero-order chi connectivity index (χ0) is 22.9. The van der Waals surface area contributed by atoms with E-state index in [1.807, 2.05) is 24.3 Å². The molecule has 1 aliphatic rings. The van der Waals surface area contributed by atoms with Crippen LogP contribution < -0.4 is 0 Å². The van der Waals surface area contributed by atoms with Crippen LogP contribution in [0.15, 0.2) is 53.6 Å². The number of benzene rings is 1. The van der Waals surface area contributed by atoms with Crippen LogP contribution in [0.4, 0.5) is 0 Å². The monoisotopic (exact) mass is 472 g/mol. The zero-order valence-electron chi connectivity index (χ0n) is 17.7. The van der Waals surface area contributed by atoms with Crippen LogP contribution in [0.5, 0.6) is 0 Å². The third-order valence-corrected chi connectivity index (χ3v) is 7.62. The third-order valence-electron chi connectivity index (χ3n) is 6.04. The van der Waals surface area contributed by atoms with Crippen LogP contribution in [-0.4, -0.2) is 35.5 Å². The molecule has 1 unspecified atom stereocenters. The second-order valence-electron chi connectivity index (χ2n) is 8.43. The van der Waals surface area contributed by atoms with Crippen molar-refractivity contribution in [2.24, 2.45) is 5.92 Å². The largest absolute Gasteiger partial charge is 0.392 e.